The summed E-state index contributed by atoms with van der Waals surface area (Å²) in [5.41, 5.74) is 0. The zero-order valence-corrected chi connectivity index (χ0v) is 10.1. The number of rotatable bonds is 4. The van der Waals surface area contributed by atoms with Crippen molar-refractivity contribution in [3.05, 3.63) is 0 Å². The molecule has 3 unspecified atom stereocenters. The van der Waals surface area contributed by atoms with Crippen LogP contribution in [-0.2, 0) is 0 Å². The van der Waals surface area contributed by atoms with E-state index in [9.17, 15) is 0 Å². The second-order valence-corrected chi connectivity index (χ2v) is 4.94. The second kappa shape index (κ2) is 6.85. The molecule has 0 radical (unpaired) electrons. The van der Waals surface area contributed by atoms with Gasteiger partial charge >= 0.3 is 0 Å². The molecule has 1 rings (SSSR count). The zero-order valence-electron chi connectivity index (χ0n) is 10.1. The van der Waals surface area contributed by atoms with Crippen LogP contribution >= 0.6 is 0 Å². The first-order valence-electron chi connectivity index (χ1n) is 6.39. The average Bonchev–Trinajstić information content (AvgIpc) is 2.43. The molecule has 0 spiro atoms. The zero-order chi connectivity index (χ0) is 11.1. The van der Waals surface area contributed by atoms with Gasteiger partial charge in [-0.05, 0) is 31.6 Å². The summed E-state index contributed by atoms with van der Waals surface area (Å²) in [6.07, 6.45) is 8.40. The number of nitrogens with zero attached hydrogens (tertiary/aromatic N) is 1. The van der Waals surface area contributed by atoms with E-state index in [1.54, 1.807) is 0 Å². The molecule has 0 amide bonds. The van der Waals surface area contributed by atoms with Crippen molar-refractivity contribution in [1.29, 1.82) is 5.26 Å². The van der Waals surface area contributed by atoms with Gasteiger partial charge in [-0.3, -0.25) is 0 Å². The number of hydrogen-bond acceptors (Lipinski definition) is 2. The van der Waals surface area contributed by atoms with Crippen molar-refractivity contribution < 1.29 is 0 Å². The quantitative estimate of drug-likeness (QED) is 0.720. The van der Waals surface area contributed by atoms with Crippen molar-refractivity contribution in [3.8, 4) is 6.07 Å². The van der Waals surface area contributed by atoms with Crippen molar-refractivity contribution in [1.82, 2.24) is 5.32 Å². The fraction of sp³-hybridized carbons (Fsp3) is 0.923. The van der Waals surface area contributed by atoms with Gasteiger partial charge < -0.3 is 5.32 Å². The van der Waals surface area contributed by atoms with Gasteiger partial charge in [0.15, 0.2) is 0 Å². The topological polar surface area (TPSA) is 35.8 Å². The van der Waals surface area contributed by atoms with Crippen molar-refractivity contribution in [2.75, 3.05) is 0 Å². The molecule has 0 aromatic heterocycles. The molecule has 1 aliphatic carbocycles. The van der Waals surface area contributed by atoms with Crippen LogP contribution in [0, 0.1) is 17.2 Å². The lowest BCUT2D eigenvalue weighted by Gasteiger charge is -2.22. The third kappa shape index (κ3) is 4.66. The third-order valence-corrected chi connectivity index (χ3v) is 3.56. The Morgan fingerprint density at radius 1 is 1.33 bits per heavy atom. The Kier molecular flexibility index (Phi) is 5.71. The predicted molar refractivity (Wildman–Crippen MR) is 63.5 cm³/mol. The van der Waals surface area contributed by atoms with Gasteiger partial charge in [-0.15, -0.1) is 0 Å². The lowest BCUT2D eigenvalue weighted by atomic mass is 10.0. The highest BCUT2D eigenvalue weighted by Crippen LogP contribution is 2.23. The highest BCUT2D eigenvalue weighted by atomic mass is 14.9. The van der Waals surface area contributed by atoms with Gasteiger partial charge in [-0.1, -0.05) is 26.7 Å². The summed E-state index contributed by atoms with van der Waals surface area (Å²) in [7, 11) is 0. The van der Waals surface area contributed by atoms with Crippen molar-refractivity contribution in [2.45, 2.75) is 70.9 Å². The normalized spacial score (nSPS) is 29.1. The number of hydrogen-bond donors (Lipinski definition) is 1. The van der Waals surface area contributed by atoms with Crippen LogP contribution in [0.3, 0.4) is 0 Å². The van der Waals surface area contributed by atoms with Gasteiger partial charge in [0.1, 0.15) is 0 Å². The van der Waals surface area contributed by atoms with E-state index in [1.807, 2.05) is 0 Å². The van der Waals surface area contributed by atoms with Crippen molar-refractivity contribution >= 4 is 0 Å². The molecule has 0 heterocycles. The molecule has 0 aliphatic heterocycles. The maximum Gasteiger partial charge on any atom is 0.0638 e. The Morgan fingerprint density at radius 3 is 2.80 bits per heavy atom. The Hall–Kier alpha value is -0.550. The van der Waals surface area contributed by atoms with Crippen LogP contribution < -0.4 is 5.32 Å². The van der Waals surface area contributed by atoms with E-state index in [1.165, 1.54) is 32.1 Å². The molecule has 1 aliphatic rings. The molecule has 0 aromatic rings. The van der Waals surface area contributed by atoms with E-state index >= 15 is 0 Å². The molecular weight excluding hydrogens is 184 g/mol. The van der Waals surface area contributed by atoms with Gasteiger partial charge in [0, 0.05) is 12.1 Å². The molecule has 15 heavy (non-hydrogen) atoms. The summed E-state index contributed by atoms with van der Waals surface area (Å²) in [4.78, 5) is 0. The fourth-order valence-corrected chi connectivity index (χ4v) is 2.42. The highest BCUT2D eigenvalue weighted by Gasteiger charge is 2.18. The summed E-state index contributed by atoms with van der Waals surface area (Å²) < 4.78 is 0. The van der Waals surface area contributed by atoms with Crippen LogP contribution in [0.4, 0.5) is 0 Å². The first-order valence-corrected chi connectivity index (χ1v) is 6.39. The van der Waals surface area contributed by atoms with E-state index in [2.05, 4.69) is 25.2 Å². The van der Waals surface area contributed by atoms with Gasteiger partial charge in [0.05, 0.1) is 12.5 Å². The van der Waals surface area contributed by atoms with Crippen LogP contribution in [0.1, 0.15) is 58.8 Å². The van der Waals surface area contributed by atoms with Crippen LogP contribution in [0.5, 0.6) is 0 Å². The van der Waals surface area contributed by atoms with Gasteiger partial charge in [0.2, 0.25) is 0 Å². The first kappa shape index (κ1) is 12.5. The highest BCUT2D eigenvalue weighted by molar-refractivity contribution is 4.83. The summed E-state index contributed by atoms with van der Waals surface area (Å²) >= 11 is 0. The summed E-state index contributed by atoms with van der Waals surface area (Å²) in [5, 5.41) is 12.3. The van der Waals surface area contributed by atoms with Crippen LogP contribution in [0.15, 0.2) is 0 Å². The minimum Gasteiger partial charge on any atom is -0.310 e. The molecule has 1 fully saturated rings. The predicted octanol–water partition coefficient (Wildman–Crippen LogP) is 3.24. The average molecular weight is 208 g/mol. The van der Waals surface area contributed by atoms with E-state index < -0.39 is 0 Å². The molecule has 0 aromatic carbocycles. The first-order chi connectivity index (χ1) is 7.26. The smallest absolute Gasteiger partial charge is 0.0638 e. The Balaban J connectivity index is 2.33. The van der Waals surface area contributed by atoms with E-state index in [0.29, 0.717) is 18.5 Å². The maximum atomic E-state index is 8.70. The molecular formula is C13H24N2. The van der Waals surface area contributed by atoms with Crippen LogP contribution in [-0.4, -0.2) is 12.1 Å². The Bertz CT molecular complexity index is 207. The third-order valence-electron chi connectivity index (χ3n) is 3.56. The molecule has 86 valence electrons. The minimum absolute atomic E-state index is 0.411. The van der Waals surface area contributed by atoms with Gasteiger partial charge in [0.25, 0.3) is 0 Å². The number of nitriles is 1. The van der Waals surface area contributed by atoms with Crippen LogP contribution in [0.25, 0.3) is 0 Å². The largest absolute Gasteiger partial charge is 0.310 e. The van der Waals surface area contributed by atoms with Crippen molar-refractivity contribution in [3.63, 3.8) is 0 Å². The SMILES string of the molecule is CCC(CC#N)NC1CCCC(C)CC1. The van der Waals surface area contributed by atoms with E-state index in [4.69, 9.17) is 5.26 Å². The lowest BCUT2D eigenvalue weighted by Crippen LogP contribution is -2.37. The summed E-state index contributed by atoms with van der Waals surface area (Å²) in [6, 6.07) is 3.34. The monoisotopic (exact) mass is 208 g/mol. The second-order valence-electron chi connectivity index (χ2n) is 4.94. The van der Waals surface area contributed by atoms with Gasteiger partial charge in [-0.25, -0.2) is 0 Å². The Labute approximate surface area is 94.1 Å². The van der Waals surface area contributed by atoms with Crippen LogP contribution in [0.2, 0.25) is 0 Å². The Morgan fingerprint density at radius 2 is 2.13 bits per heavy atom. The standard InChI is InChI=1S/C13H24N2/c1-3-12(9-10-14)15-13-6-4-5-11(2)7-8-13/h11-13,15H,3-9H2,1-2H3. The van der Waals surface area contributed by atoms with Gasteiger partial charge in [-0.2, -0.15) is 5.26 Å². The molecule has 0 saturated heterocycles. The fourth-order valence-electron chi connectivity index (χ4n) is 2.42. The summed E-state index contributed by atoms with van der Waals surface area (Å²) in [6.45, 7) is 4.52. The maximum absolute atomic E-state index is 8.70. The molecule has 2 nitrogen and oxygen atoms in total. The van der Waals surface area contributed by atoms with E-state index in [0.717, 1.165) is 12.3 Å². The molecule has 1 saturated carbocycles. The number of nitrogens with one attached hydrogen (secondary N) is 1. The minimum atomic E-state index is 0.411. The molecule has 0 bridgehead atoms. The molecule has 2 heteroatoms. The molecule has 3 atom stereocenters. The molecule has 1 N–H and O–H groups in total. The van der Waals surface area contributed by atoms with E-state index in [-0.39, 0.29) is 0 Å². The van der Waals surface area contributed by atoms with Crippen molar-refractivity contribution in [2.24, 2.45) is 5.92 Å². The lowest BCUT2D eigenvalue weighted by molar-refractivity contribution is 0.384. The summed E-state index contributed by atoms with van der Waals surface area (Å²) in [5.74, 6) is 0.896.